The van der Waals surface area contributed by atoms with E-state index >= 15 is 0 Å². The van der Waals surface area contributed by atoms with Crippen LogP contribution in [0, 0.1) is 17.8 Å². The molecule has 1 unspecified atom stereocenters. The Labute approximate surface area is 336 Å². The lowest BCUT2D eigenvalue weighted by atomic mass is 9.92. The highest BCUT2D eigenvalue weighted by molar-refractivity contribution is 7.91. The second-order valence-corrected chi connectivity index (χ2v) is 19.0. The first-order valence-electron chi connectivity index (χ1n) is 19.7. The summed E-state index contributed by atoms with van der Waals surface area (Å²) in [5.74, 6) is -2.95. The van der Waals surface area contributed by atoms with E-state index in [0.29, 0.717) is 69.1 Å². The zero-order valence-electron chi connectivity index (χ0n) is 33.5. The molecular formula is C40H52F3N5O9S. The second-order valence-electron chi connectivity index (χ2n) is 16.8. The minimum absolute atomic E-state index is 0.0310. The van der Waals surface area contributed by atoms with Gasteiger partial charge in [0, 0.05) is 23.1 Å². The highest BCUT2D eigenvalue weighted by Crippen LogP contribution is 2.48. The molecule has 58 heavy (non-hydrogen) atoms. The number of benzene rings is 1. The molecule has 7 atom stereocenters. The zero-order chi connectivity index (χ0) is 42.4. The number of pyridine rings is 1. The molecule has 2 aromatic rings. The minimum Gasteiger partial charge on any atom is -0.492 e. The summed E-state index contributed by atoms with van der Waals surface area (Å²) in [6, 6.07) is 4.47. The molecule has 4 amide bonds. The summed E-state index contributed by atoms with van der Waals surface area (Å²) in [6.07, 6.45) is 0.235. The minimum atomic E-state index is -4.91. The molecule has 0 spiro atoms. The van der Waals surface area contributed by atoms with Gasteiger partial charge in [0.05, 0.1) is 24.1 Å². The van der Waals surface area contributed by atoms with Gasteiger partial charge in [-0.3, -0.25) is 19.1 Å². The molecule has 0 bridgehead atoms. The Kier molecular flexibility index (Phi) is 11.8. The van der Waals surface area contributed by atoms with Crippen LogP contribution in [0.2, 0.25) is 0 Å². The van der Waals surface area contributed by atoms with E-state index in [1.54, 1.807) is 25.1 Å². The van der Waals surface area contributed by atoms with Crippen LogP contribution in [0.4, 0.5) is 18.0 Å². The standard InChI is InChI=1S/C40H52F3N5O9S/c1-7-55-30-21-44-33(28-14-9-8-13-27(28)30)56-26-19-29-32(49)46-39(35(51)47-58(53,54)38(6)17-18-38)20-25(39)16-15-23(2)11-10-12-24(3)31(34(50)48(29)22-26)45-36(52)57-37(4,5)40(41,42)43/h8-9,13-16,21,23-26,29,31H,7,10-12,17-20,22H2,1-6H3,(H,45,52)(H,46,49)(H,47,51)/b16-15-/t23-,24+,25+,26+,29-,31-,39?/m0/s1. The molecule has 0 radical (unpaired) electrons. The number of hydrogen-bond donors (Lipinski definition) is 3. The SMILES string of the molecule is CCOc1cnc(O[C@@H]2C[C@H]3C(=O)NC4(C(=O)NS(=O)(=O)C5(C)CC5)C[C@H]4/C=C\[C@@H](C)CCC[C@@H](C)[C@H](NC(=O)OC(C)(C)C(F)(F)F)C(=O)N3C2)c2ccccc12. The molecule has 1 aromatic carbocycles. The van der Waals surface area contributed by atoms with E-state index in [1.165, 1.54) is 18.0 Å². The molecule has 3 N–H and O–H groups in total. The number of fused-ring (bicyclic) bond motifs is 3. The number of nitrogens with zero attached hydrogens (tertiary/aromatic N) is 2. The molecule has 2 aliphatic carbocycles. The fraction of sp³-hybridized carbons (Fsp3) is 0.625. The first kappa shape index (κ1) is 43.0. The molecule has 4 aliphatic rings. The van der Waals surface area contributed by atoms with Crippen LogP contribution in [0.1, 0.15) is 86.5 Å². The van der Waals surface area contributed by atoms with Crippen molar-refractivity contribution in [1.29, 1.82) is 0 Å². The van der Waals surface area contributed by atoms with Crippen LogP contribution in [0.5, 0.6) is 11.6 Å². The first-order chi connectivity index (χ1) is 27.1. The molecular weight excluding hydrogens is 784 g/mol. The van der Waals surface area contributed by atoms with Crippen molar-refractivity contribution < 1.29 is 55.0 Å². The number of allylic oxidation sites excluding steroid dienone is 1. The van der Waals surface area contributed by atoms with Crippen molar-refractivity contribution in [3.05, 3.63) is 42.6 Å². The number of rotatable bonds is 9. The van der Waals surface area contributed by atoms with Crippen LogP contribution >= 0.6 is 0 Å². The lowest BCUT2D eigenvalue weighted by Crippen LogP contribution is -2.59. The number of sulfonamides is 1. The summed E-state index contributed by atoms with van der Waals surface area (Å²) in [5, 5.41) is 6.48. The Morgan fingerprint density at radius 1 is 1.07 bits per heavy atom. The van der Waals surface area contributed by atoms with Gasteiger partial charge < -0.3 is 29.7 Å². The second kappa shape index (κ2) is 15.9. The zero-order valence-corrected chi connectivity index (χ0v) is 34.3. The fourth-order valence-electron chi connectivity index (χ4n) is 7.52. The van der Waals surface area contributed by atoms with Crippen molar-refractivity contribution >= 4 is 44.6 Å². The molecule has 3 fully saturated rings. The number of hydrogen-bond acceptors (Lipinski definition) is 10. The molecule has 1 saturated heterocycles. The summed E-state index contributed by atoms with van der Waals surface area (Å²) >= 11 is 0. The number of amides is 4. The summed E-state index contributed by atoms with van der Waals surface area (Å²) in [6.45, 7) is 8.56. The van der Waals surface area contributed by atoms with Crippen molar-refractivity contribution in [2.24, 2.45) is 17.8 Å². The van der Waals surface area contributed by atoms with Crippen molar-refractivity contribution in [2.75, 3.05) is 13.2 Å². The lowest BCUT2D eigenvalue weighted by molar-refractivity contribution is -0.244. The lowest BCUT2D eigenvalue weighted by Gasteiger charge is -2.33. The fourth-order valence-corrected chi connectivity index (χ4v) is 8.84. The average molecular weight is 836 g/mol. The van der Waals surface area contributed by atoms with Gasteiger partial charge in [-0.05, 0) is 77.7 Å². The number of ether oxygens (including phenoxy) is 3. The normalized spacial score (nSPS) is 29.4. The van der Waals surface area contributed by atoms with Crippen molar-refractivity contribution in [1.82, 2.24) is 25.2 Å². The van der Waals surface area contributed by atoms with Crippen molar-refractivity contribution in [2.45, 2.75) is 127 Å². The van der Waals surface area contributed by atoms with Crippen LogP contribution in [-0.2, 0) is 29.1 Å². The van der Waals surface area contributed by atoms with Gasteiger partial charge in [0.1, 0.15) is 29.5 Å². The van der Waals surface area contributed by atoms with E-state index < -0.39 is 85.9 Å². The maximum Gasteiger partial charge on any atom is 0.427 e. The van der Waals surface area contributed by atoms with E-state index in [1.807, 2.05) is 32.1 Å². The predicted octanol–water partition coefficient (Wildman–Crippen LogP) is 5.30. The summed E-state index contributed by atoms with van der Waals surface area (Å²) < 4.78 is 85.6. The number of alkyl carbamates (subject to hydrolysis) is 1. The number of alkyl halides is 3. The Hall–Kier alpha value is -4.61. The van der Waals surface area contributed by atoms with E-state index in [-0.39, 0.29) is 31.2 Å². The topological polar surface area (TPSA) is 182 Å². The van der Waals surface area contributed by atoms with Gasteiger partial charge in [0.15, 0.2) is 0 Å². The molecule has 318 valence electrons. The largest absolute Gasteiger partial charge is 0.492 e. The molecule has 14 nitrogen and oxygen atoms in total. The van der Waals surface area contributed by atoms with Gasteiger partial charge in [-0.2, -0.15) is 13.2 Å². The van der Waals surface area contributed by atoms with E-state index in [4.69, 9.17) is 14.2 Å². The van der Waals surface area contributed by atoms with Crippen molar-refractivity contribution in [3.63, 3.8) is 0 Å². The maximum absolute atomic E-state index is 14.7. The van der Waals surface area contributed by atoms with Crippen LogP contribution < -0.4 is 24.8 Å². The van der Waals surface area contributed by atoms with Crippen molar-refractivity contribution in [3.8, 4) is 11.6 Å². The molecule has 2 aliphatic heterocycles. The molecule has 18 heteroatoms. The summed E-state index contributed by atoms with van der Waals surface area (Å²) in [5.41, 5.74) is -4.53. The van der Waals surface area contributed by atoms with Gasteiger partial charge in [-0.15, -0.1) is 0 Å². The van der Waals surface area contributed by atoms with Gasteiger partial charge >= 0.3 is 12.3 Å². The molecule has 3 heterocycles. The highest BCUT2D eigenvalue weighted by Gasteiger charge is 2.63. The quantitative estimate of drug-likeness (QED) is 0.281. The first-order valence-corrected chi connectivity index (χ1v) is 21.2. The molecule has 2 saturated carbocycles. The van der Waals surface area contributed by atoms with Crippen LogP contribution in [0.25, 0.3) is 10.8 Å². The number of halogens is 3. The smallest absolute Gasteiger partial charge is 0.427 e. The van der Waals surface area contributed by atoms with Gasteiger partial charge in [0.2, 0.25) is 33.3 Å². The van der Waals surface area contributed by atoms with Crippen LogP contribution in [-0.4, -0.2) is 95.5 Å². The molecule has 1 aromatic heterocycles. The third kappa shape index (κ3) is 8.71. The Morgan fingerprint density at radius 3 is 2.41 bits per heavy atom. The maximum atomic E-state index is 14.7. The average Bonchev–Trinajstić information content (AvgIpc) is 4.03. The number of carbonyl (C=O) groups is 4. The van der Waals surface area contributed by atoms with Gasteiger partial charge in [-0.1, -0.05) is 50.6 Å². The van der Waals surface area contributed by atoms with Gasteiger partial charge in [-0.25, -0.2) is 18.2 Å². The Balaban J connectivity index is 1.35. The number of carbonyl (C=O) groups excluding carboxylic acids is 4. The van der Waals surface area contributed by atoms with E-state index in [9.17, 15) is 40.8 Å². The highest BCUT2D eigenvalue weighted by atomic mass is 32.2. The summed E-state index contributed by atoms with van der Waals surface area (Å²) in [7, 11) is -4.08. The van der Waals surface area contributed by atoms with E-state index in [0.717, 1.165) is 0 Å². The Morgan fingerprint density at radius 2 is 1.76 bits per heavy atom. The third-order valence-electron chi connectivity index (χ3n) is 11.9. The van der Waals surface area contributed by atoms with E-state index in [2.05, 4.69) is 20.3 Å². The third-order valence-corrected chi connectivity index (χ3v) is 14.0. The van der Waals surface area contributed by atoms with Gasteiger partial charge in [0.25, 0.3) is 5.91 Å². The number of aromatic nitrogens is 1. The summed E-state index contributed by atoms with van der Waals surface area (Å²) in [4.78, 5) is 61.9. The molecule has 6 rings (SSSR count). The van der Waals surface area contributed by atoms with Crippen LogP contribution in [0.15, 0.2) is 42.6 Å². The van der Waals surface area contributed by atoms with Crippen LogP contribution in [0.3, 0.4) is 0 Å². The Bertz CT molecular complexity index is 2070. The number of nitrogens with one attached hydrogen (secondary N) is 3. The monoisotopic (exact) mass is 835 g/mol. The predicted molar refractivity (Wildman–Crippen MR) is 206 cm³/mol.